The Bertz CT molecular complexity index is 1350. The first-order valence-corrected chi connectivity index (χ1v) is 28.2. The summed E-state index contributed by atoms with van der Waals surface area (Å²) in [6.45, 7) is 4.29. The molecule has 2 atom stereocenters. The summed E-state index contributed by atoms with van der Waals surface area (Å²) in [5.74, 6) is -0.799. The van der Waals surface area contributed by atoms with E-state index >= 15 is 0 Å². The lowest BCUT2D eigenvalue weighted by molar-refractivity contribution is -0.870. The van der Waals surface area contributed by atoms with Gasteiger partial charge in [-0.1, -0.05) is 215 Å². The molecule has 0 aliphatic carbocycles. The molecule has 2 unspecified atom stereocenters. The van der Waals surface area contributed by atoms with Gasteiger partial charge >= 0.3 is 19.8 Å². The molecule has 0 aromatic heterocycles. The van der Waals surface area contributed by atoms with Crippen LogP contribution in [-0.4, -0.2) is 74.9 Å². The fraction of sp³-hybridized carbons (Fsp3) is 0.750. The number of likely N-dealkylation sites (N-methyl/N-ethyl adjacent to an activating group) is 1. The number of hydrogen-bond donors (Lipinski definition) is 1. The number of quaternary nitrogens is 1. The molecule has 0 amide bonds. The zero-order valence-corrected chi connectivity index (χ0v) is 44.1. The van der Waals surface area contributed by atoms with Crippen molar-refractivity contribution < 1.29 is 42.1 Å². The van der Waals surface area contributed by atoms with Crippen LogP contribution >= 0.6 is 7.82 Å². The first-order valence-electron chi connectivity index (χ1n) is 26.7. The van der Waals surface area contributed by atoms with E-state index in [1.54, 1.807) is 0 Å². The minimum atomic E-state index is -4.38. The lowest BCUT2D eigenvalue weighted by atomic mass is 10.0. The highest BCUT2D eigenvalue weighted by Crippen LogP contribution is 2.43. The number of carbonyl (C=O) groups excluding carboxylic acids is 2. The molecule has 0 radical (unpaired) electrons. The second-order valence-corrected chi connectivity index (χ2v) is 20.3. The zero-order valence-electron chi connectivity index (χ0n) is 43.2. The number of allylic oxidation sites excluding steroid dienone is 12. The van der Waals surface area contributed by atoms with Crippen LogP contribution in [0.25, 0.3) is 0 Å². The normalized spacial score (nSPS) is 14.0. The molecule has 9 nitrogen and oxygen atoms in total. The summed E-state index contributed by atoms with van der Waals surface area (Å²) in [5, 5.41) is 0. The molecule has 0 saturated heterocycles. The summed E-state index contributed by atoms with van der Waals surface area (Å²) in [6, 6.07) is 0. The largest absolute Gasteiger partial charge is 0.472 e. The topological polar surface area (TPSA) is 108 Å². The van der Waals surface area contributed by atoms with E-state index in [1.807, 2.05) is 21.1 Å². The SMILES string of the molecule is CC/C=C\C/C=C\C/C=C\C/C=C\C/C=C\C/C=C\CCCCCCCCCCCCCCCCC(=O)OC(COC(=O)CCCCCCCCCCC)COP(=O)(O)OCC[N+](C)(C)C. The van der Waals surface area contributed by atoms with Crippen LogP contribution in [0.5, 0.6) is 0 Å². The fourth-order valence-electron chi connectivity index (χ4n) is 7.14. The maximum absolute atomic E-state index is 12.7. The molecule has 0 aromatic rings. The summed E-state index contributed by atoms with van der Waals surface area (Å²) in [5.41, 5.74) is 0. The number of unbranched alkanes of at least 4 members (excludes halogenated alkanes) is 22. The molecular weight excluding hydrogens is 846 g/mol. The fourth-order valence-corrected chi connectivity index (χ4v) is 7.88. The second kappa shape index (κ2) is 47.5. The zero-order chi connectivity index (χ0) is 48.5. The van der Waals surface area contributed by atoms with E-state index < -0.39 is 26.5 Å². The van der Waals surface area contributed by atoms with E-state index in [0.29, 0.717) is 17.4 Å². The van der Waals surface area contributed by atoms with Gasteiger partial charge in [-0.2, -0.15) is 0 Å². The van der Waals surface area contributed by atoms with E-state index in [0.717, 1.165) is 77.0 Å². The van der Waals surface area contributed by atoms with E-state index in [-0.39, 0.29) is 32.0 Å². The molecule has 0 aromatic carbocycles. The monoisotopic (exact) mass is 947 g/mol. The van der Waals surface area contributed by atoms with E-state index in [2.05, 4.69) is 86.8 Å². The molecule has 382 valence electrons. The molecule has 10 heteroatoms. The number of esters is 2. The molecule has 1 N–H and O–H groups in total. The van der Waals surface area contributed by atoms with Gasteiger partial charge in [0.1, 0.15) is 19.8 Å². The summed E-state index contributed by atoms with van der Waals surface area (Å²) < 4.78 is 34.4. The molecule has 0 aliphatic rings. The maximum atomic E-state index is 12.7. The van der Waals surface area contributed by atoms with Gasteiger partial charge in [0.05, 0.1) is 27.7 Å². The first kappa shape index (κ1) is 63.5. The van der Waals surface area contributed by atoms with Gasteiger partial charge in [0.25, 0.3) is 0 Å². The van der Waals surface area contributed by atoms with Crippen molar-refractivity contribution in [3.8, 4) is 0 Å². The number of carbonyl (C=O) groups is 2. The molecule has 0 aliphatic heterocycles. The van der Waals surface area contributed by atoms with Gasteiger partial charge in [0.2, 0.25) is 0 Å². The van der Waals surface area contributed by atoms with Crippen molar-refractivity contribution in [1.82, 2.24) is 0 Å². The predicted octanol–water partition coefficient (Wildman–Crippen LogP) is 16.1. The Morgan fingerprint density at radius 1 is 0.485 bits per heavy atom. The quantitative estimate of drug-likeness (QED) is 0.0211. The first-order chi connectivity index (χ1) is 32.0. The number of rotatable bonds is 48. The van der Waals surface area contributed by atoms with Crippen molar-refractivity contribution in [2.45, 2.75) is 225 Å². The molecule has 0 heterocycles. The third kappa shape index (κ3) is 50.9. The van der Waals surface area contributed by atoms with Gasteiger partial charge in [-0.15, -0.1) is 0 Å². The van der Waals surface area contributed by atoms with Crippen molar-refractivity contribution in [1.29, 1.82) is 0 Å². The second-order valence-electron chi connectivity index (χ2n) is 18.9. The Labute approximate surface area is 406 Å². The minimum Gasteiger partial charge on any atom is -0.462 e. The Morgan fingerprint density at radius 3 is 1.29 bits per heavy atom. The van der Waals surface area contributed by atoms with Crippen LogP contribution in [-0.2, 0) is 32.7 Å². The van der Waals surface area contributed by atoms with E-state index in [1.165, 1.54) is 109 Å². The highest BCUT2D eigenvalue weighted by molar-refractivity contribution is 7.47. The number of nitrogens with zero attached hydrogens (tertiary/aromatic N) is 1. The van der Waals surface area contributed by atoms with Crippen LogP contribution in [0.3, 0.4) is 0 Å². The van der Waals surface area contributed by atoms with Gasteiger partial charge in [-0.3, -0.25) is 18.6 Å². The summed E-state index contributed by atoms with van der Waals surface area (Å²) >= 11 is 0. The minimum absolute atomic E-state index is 0.0309. The smallest absolute Gasteiger partial charge is 0.462 e. The Kier molecular flexibility index (Phi) is 45.7. The van der Waals surface area contributed by atoms with Crippen LogP contribution in [0.15, 0.2) is 72.9 Å². The Balaban J connectivity index is 4.02. The van der Waals surface area contributed by atoms with Crippen molar-refractivity contribution >= 4 is 19.8 Å². The molecule has 0 fully saturated rings. The number of phosphoric ester groups is 1. The highest BCUT2D eigenvalue weighted by Gasteiger charge is 2.27. The van der Waals surface area contributed by atoms with Gasteiger partial charge in [0, 0.05) is 12.8 Å². The van der Waals surface area contributed by atoms with E-state index in [4.69, 9.17) is 18.5 Å². The average Bonchev–Trinajstić information content (AvgIpc) is 3.27. The number of ether oxygens (including phenoxy) is 2. The standard InChI is InChI=1S/C56H100NO8P/c1-6-8-10-12-14-16-17-18-19-20-21-22-23-24-25-26-27-28-29-30-31-32-33-34-35-36-37-38-39-41-43-45-47-49-56(59)65-54(53-64-66(60,61)63-51-50-57(3,4)5)52-62-55(58)48-46-44-42-40-15-13-11-9-7-2/h8,10,14,16,18-19,21-22,24-25,27-28,54H,6-7,9,11-13,15,17,20,23,26,29-53H2,1-5H3/p+1/b10-8-,16-14-,19-18-,22-21-,25-24-,28-27-. The molecular formula is C56H101NO8P+. The van der Waals surface area contributed by atoms with Crippen LogP contribution in [0, 0.1) is 0 Å². The molecule has 0 spiro atoms. The van der Waals surface area contributed by atoms with Crippen molar-refractivity contribution in [3.63, 3.8) is 0 Å². The predicted molar refractivity (Wildman–Crippen MR) is 279 cm³/mol. The number of phosphoric acid groups is 1. The molecule has 0 saturated carbocycles. The van der Waals surface area contributed by atoms with Crippen LogP contribution < -0.4 is 0 Å². The van der Waals surface area contributed by atoms with Crippen molar-refractivity contribution in [2.24, 2.45) is 0 Å². The molecule has 66 heavy (non-hydrogen) atoms. The summed E-state index contributed by atoms with van der Waals surface area (Å²) in [6.07, 6.45) is 61.3. The van der Waals surface area contributed by atoms with Gasteiger partial charge < -0.3 is 18.9 Å². The van der Waals surface area contributed by atoms with Gasteiger partial charge in [0.15, 0.2) is 6.10 Å². The van der Waals surface area contributed by atoms with Crippen molar-refractivity contribution in [3.05, 3.63) is 72.9 Å². The summed E-state index contributed by atoms with van der Waals surface area (Å²) in [4.78, 5) is 35.4. The van der Waals surface area contributed by atoms with Crippen molar-refractivity contribution in [2.75, 3.05) is 47.5 Å². The third-order valence-corrected chi connectivity index (χ3v) is 12.2. The number of hydrogen-bond acceptors (Lipinski definition) is 7. The van der Waals surface area contributed by atoms with Gasteiger partial charge in [-0.25, -0.2) is 4.57 Å². The maximum Gasteiger partial charge on any atom is 0.472 e. The Morgan fingerprint density at radius 2 is 0.864 bits per heavy atom. The average molecular weight is 947 g/mol. The lowest BCUT2D eigenvalue weighted by Gasteiger charge is -2.24. The van der Waals surface area contributed by atoms with Crippen LogP contribution in [0.2, 0.25) is 0 Å². The summed E-state index contributed by atoms with van der Waals surface area (Å²) in [7, 11) is 1.48. The molecule has 0 bridgehead atoms. The third-order valence-electron chi connectivity index (χ3n) is 11.3. The van der Waals surface area contributed by atoms with E-state index in [9.17, 15) is 19.0 Å². The van der Waals surface area contributed by atoms with Crippen LogP contribution in [0.4, 0.5) is 0 Å². The molecule has 0 rings (SSSR count). The highest BCUT2D eigenvalue weighted by atomic mass is 31.2. The van der Waals surface area contributed by atoms with Crippen LogP contribution in [0.1, 0.15) is 219 Å². The Hall–Kier alpha value is -2.55. The lowest BCUT2D eigenvalue weighted by Crippen LogP contribution is -2.37. The van der Waals surface area contributed by atoms with Gasteiger partial charge in [-0.05, 0) is 64.2 Å².